The van der Waals surface area contributed by atoms with E-state index >= 15 is 0 Å². The second-order valence-electron chi connectivity index (χ2n) is 6.17. The van der Waals surface area contributed by atoms with E-state index in [0.717, 1.165) is 23.5 Å². The van der Waals surface area contributed by atoms with Crippen LogP contribution in [-0.2, 0) is 4.74 Å². The molecule has 154 valence electrons. The van der Waals surface area contributed by atoms with Crippen LogP contribution in [0.5, 0.6) is 0 Å². The van der Waals surface area contributed by atoms with Gasteiger partial charge in [0.15, 0.2) is 0 Å². The van der Waals surface area contributed by atoms with Gasteiger partial charge in [0.05, 0.1) is 17.6 Å². The van der Waals surface area contributed by atoms with Crippen molar-refractivity contribution in [3.8, 4) is 0 Å². The third-order valence-electron chi connectivity index (χ3n) is 4.18. The Morgan fingerprint density at radius 1 is 0.867 bits per heavy atom. The Bertz CT molecular complexity index is 1110. The first kappa shape index (κ1) is 21.1. The summed E-state index contributed by atoms with van der Waals surface area (Å²) < 4.78 is 30.9. The normalized spacial score (nSPS) is 10.4. The average molecular weight is 430 g/mol. The lowest BCUT2D eigenvalue weighted by Crippen LogP contribution is -2.14. The molecule has 0 fully saturated rings. The summed E-state index contributed by atoms with van der Waals surface area (Å²) >= 11 is 0.894. The quantitative estimate of drug-likeness (QED) is 0.578. The number of amides is 2. The minimum absolute atomic E-state index is 0.0437. The maximum Gasteiger partial charge on any atom is 0.341 e. The van der Waals surface area contributed by atoms with Crippen LogP contribution in [0.25, 0.3) is 0 Å². The summed E-state index contributed by atoms with van der Waals surface area (Å²) in [5.41, 5.74) is 0.907. The van der Waals surface area contributed by atoms with Crippen molar-refractivity contribution in [2.45, 2.75) is 6.92 Å². The molecule has 0 aliphatic heterocycles. The predicted molar refractivity (Wildman–Crippen MR) is 109 cm³/mol. The molecule has 1 aromatic heterocycles. The van der Waals surface area contributed by atoms with E-state index in [2.05, 4.69) is 10.6 Å². The van der Waals surface area contributed by atoms with Crippen LogP contribution < -0.4 is 10.6 Å². The van der Waals surface area contributed by atoms with Crippen LogP contribution >= 0.6 is 11.3 Å². The number of halogens is 2. The van der Waals surface area contributed by atoms with Crippen LogP contribution in [0.1, 0.15) is 36.0 Å². The zero-order valence-corrected chi connectivity index (χ0v) is 16.7. The molecule has 0 atom stereocenters. The first-order chi connectivity index (χ1) is 14.3. The number of hydrogen-bond donors (Lipinski definition) is 2. The van der Waals surface area contributed by atoms with E-state index in [9.17, 15) is 23.2 Å². The molecule has 3 rings (SSSR count). The van der Waals surface area contributed by atoms with Gasteiger partial charge in [-0.2, -0.15) is 0 Å². The number of benzene rings is 2. The van der Waals surface area contributed by atoms with Gasteiger partial charge in [0.2, 0.25) is 0 Å². The van der Waals surface area contributed by atoms with E-state index in [4.69, 9.17) is 4.74 Å². The molecule has 2 amide bonds. The van der Waals surface area contributed by atoms with Crippen LogP contribution in [0, 0.1) is 18.6 Å². The summed E-state index contributed by atoms with van der Waals surface area (Å²) in [7, 11) is 1.18. The largest absolute Gasteiger partial charge is 0.465 e. The van der Waals surface area contributed by atoms with E-state index in [1.165, 1.54) is 43.5 Å². The maximum atomic E-state index is 13.1. The number of ether oxygens (including phenoxy) is 1. The van der Waals surface area contributed by atoms with Gasteiger partial charge in [-0.25, -0.2) is 13.6 Å². The number of carbonyl (C=O) groups excluding carboxylic acids is 3. The molecule has 0 saturated carbocycles. The summed E-state index contributed by atoms with van der Waals surface area (Å²) in [6.45, 7) is 1.55. The number of carbonyl (C=O) groups is 3. The topological polar surface area (TPSA) is 84.5 Å². The van der Waals surface area contributed by atoms with Crippen LogP contribution in [0.2, 0.25) is 0 Å². The molecule has 2 N–H and O–H groups in total. The van der Waals surface area contributed by atoms with Crippen LogP contribution in [-0.4, -0.2) is 24.9 Å². The SMILES string of the molecule is COC(=O)c1c(NC(=O)c2ccc(F)cc2)sc(C(=O)Nc2ccc(F)cc2)c1C. The molecule has 0 aliphatic carbocycles. The summed E-state index contributed by atoms with van der Waals surface area (Å²) in [6, 6.07) is 10.1. The fraction of sp³-hybridized carbons (Fsp3) is 0.0952. The first-order valence-electron chi connectivity index (χ1n) is 8.65. The maximum absolute atomic E-state index is 13.1. The monoisotopic (exact) mass is 430 g/mol. The van der Waals surface area contributed by atoms with E-state index in [0.29, 0.717) is 11.3 Å². The van der Waals surface area contributed by atoms with Gasteiger partial charge < -0.3 is 15.4 Å². The molecule has 0 aliphatic rings. The van der Waals surface area contributed by atoms with E-state index < -0.39 is 29.4 Å². The minimum Gasteiger partial charge on any atom is -0.465 e. The summed E-state index contributed by atoms with van der Waals surface area (Å²) in [4.78, 5) is 37.6. The lowest BCUT2D eigenvalue weighted by molar-refractivity contribution is 0.0601. The molecule has 9 heteroatoms. The average Bonchev–Trinajstić information content (AvgIpc) is 3.05. The third-order valence-corrected chi connectivity index (χ3v) is 5.38. The summed E-state index contributed by atoms with van der Waals surface area (Å²) in [5, 5.41) is 5.31. The van der Waals surface area contributed by atoms with Gasteiger partial charge in [0.25, 0.3) is 11.8 Å². The highest BCUT2D eigenvalue weighted by atomic mass is 32.1. The second kappa shape index (κ2) is 8.83. The molecular formula is C21H16F2N2O4S. The molecule has 1 heterocycles. The lowest BCUT2D eigenvalue weighted by Gasteiger charge is -2.06. The number of anilines is 2. The Labute approximate surface area is 174 Å². The van der Waals surface area contributed by atoms with Crippen LogP contribution in [0.15, 0.2) is 48.5 Å². The van der Waals surface area contributed by atoms with Gasteiger partial charge in [-0.3, -0.25) is 9.59 Å². The van der Waals surface area contributed by atoms with Crippen molar-refractivity contribution in [3.05, 3.63) is 81.7 Å². The smallest absolute Gasteiger partial charge is 0.341 e. The van der Waals surface area contributed by atoms with Crippen LogP contribution in [0.3, 0.4) is 0 Å². The standard InChI is InChI=1S/C21H16F2N2O4S/c1-11-16(21(28)29-2)20(25-18(26)12-3-5-13(22)6-4-12)30-17(11)19(27)24-15-9-7-14(23)8-10-15/h3-10H,1-2H3,(H,24,27)(H,25,26). The highest BCUT2D eigenvalue weighted by molar-refractivity contribution is 7.19. The zero-order chi connectivity index (χ0) is 21.8. The summed E-state index contributed by atoms with van der Waals surface area (Å²) in [6.07, 6.45) is 0. The predicted octanol–water partition coefficient (Wildman–Crippen LogP) is 4.63. The molecule has 0 saturated heterocycles. The number of esters is 1. The fourth-order valence-electron chi connectivity index (χ4n) is 2.66. The molecular weight excluding hydrogens is 414 g/mol. The van der Waals surface area contributed by atoms with Gasteiger partial charge in [0.1, 0.15) is 16.6 Å². The van der Waals surface area contributed by atoms with E-state index in [1.54, 1.807) is 6.92 Å². The molecule has 0 unspecified atom stereocenters. The van der Waals surface area contributed by atoms with Gasteiger partial charge in [-0.05, 0) is 61.0 Å². The van der Waals surface area contributed by atoms with Crippen molar-refractivity contribution >= 4 is 39.8 Å². The molecule has 3 aromatic rings. The van der Waals surface area contributed by atoms with Crippen molar-refractivity contribution in [3.63, 3.8) is 0 Å². The van der Waals surface area contributed by atoms with E-state index in [1.807, 2.05) is 0 Å². The second-order valence-corrected chi connectivity index (χ2v) is 7.19. The lowest BCUT2D eigenvalue weighted by atomic mass is 10.1. The number of methoxy groups -OCH3 is 1. The van der Waals surface area contributed by atoms with Crippen LogP contribution in [0.4, 0.5) is 19.5 Å². The first-order valence-corrected chi connectivity index (χ1v) is 9.47. The Morgan fingerprint density at radius 3 is 2.00 bits per heavy atom. The zero-order valence-electron chi connectivity index (χ0n) is 15.9. The number of nitrogens with one attached hydrogen (secondary N) is 2. The third kappa shape index (κ3) is 4.52. The van der Waals surface area contributed by atoms with Crippen molar-refractivity contribution in [1.29, 1.82) is 0 Å². The number of thiophene rings is 1. The molecule has 0 spiro atoms. The van der Waals surface area contributed by atoms with Crippen molar-refractivity contribution in [1.82, 2.24) is 0 Å². The molecule has 0 bridgehead atoms. The van der Waals surface area contributed by atoms with Gasteiger partial charge >= 0.3 is 5.97 Å². The highest BCUT2D eigenvalue weighted by Gasteiger charge is 2.26. The van der Waals surface area contributed by atoms with E-state index in [-0.39, 0.29) is 21.0 Å². The van der Waals surface area contributed by atoms with Gasteiger partial charge in [-0.1, -0.05) is 0 Å². The minimum atomic E-state index is -0.723. The Hall–Kier alpha value is -3.59. The molecule has 30 heavy (non-hydrogen) atoms. The van der Waals surface area contributed by atoms with Gasteiger partial charge in [0, 0.05) is 11.3 Å². The van der Waals surface area contributed by atoms with Crippen molar-refractivity contribution in [2.75, 3.05) is 17.7 Å². The number of hydrogen-bond acceptors (Lipinski definition) is 5. The summed E-state index contributed by atoms with van der Waals surface area (Å²) in [5.74, 6) is -2.77. The Balaban J connectivity index is 1.91. The highest BCUT2D eigenvalue weighted by Crippen LogP contribution is 2.34. The molecule has 2 aromatic carbocycles. The Morgan fingerprint density at radius 2 is 1.43 bits per heavy atom. The van der Waals surface area contributed by atoms with Gasteiger partial charge in [-0.15, -0.1) is 11.3 Å². The van der Waals surface area contributed by atoms with Crippen molar-refractivity contribution < 1.29 is 27.9 Å². The van der Waals surface area contributed by atoms with Crippen molar-refractivity contribution in [2.24, 2.45) is 0 Å². The number of rotatable bonds is 5. The molecule has 6 nitrogen and oxygen atoms in total. The molecule has 0 radical (unpaired) electrons. The fourth-order valence-corrected chi connectivity index (χ4v) is 3.75. The Kier molecular flexibility index (Phi) is 6.22.